The van der Waals surface area contributed by atoms with Gasteiger partial charge in [-0.3, -0.25) is 9.48 Å². The smallest absolute Gasteiger partial charge is 0.261 e. The van der Waals surface area contributed by atoms with Crippen molar-refractivity contribution < 1.29 is 9.53 Å². The van der Waals surface area contributed by atoms with Gasteiger partial charge in [0.2, 0.25) is 0 Å². The number of aromatic nitrogens is 2. The molecule has 2 aromatic heterocycles. The number of carbonyl (C=O) groups is 1. The average molecular weight is 321 g/mol. The van der Waals surface area contributed by atoms with Crippen LogP contribution < -0.4 is 5.32 Å². The van der Waals surface area contributed by atoms with Crippen molar-refractivity contribution in [1.29, 1.82) is 0 Å². The maximum absolute atomic E-state index is 12.3. The number of fused-ring (bicyclic) bond motifs is 1. The quantitative estimate of drug-likeness (QED) is 0.921. The lowest BCUT2D eigenvalue weighted by molar-refractivity contribution is 0.0949. The summed E-state index contributed by atoms with van der Waals surface area (Å²) in [5.41, 5.74) is 0.996. The first kappa shape index (κ1) is 15.5. The third-order valence-corrected chi connectivity index (χ3v) is 5.09. The molecule has 0 bridgehead atoms. The number of aryl methyl sites for hydroxylation is 1. The van der Waals surface area contributed by atoms with Crippen LogP contribution in [0.1, 0.15) is 35.6 Å². The Balaban J connectivity index is 1.74. The second-order valence-corrected chi connectivity index (χ2v) is 7.46. The van der Waals surface area contributed by atoms with Crippen LogP contribution in [0.3, 0.4) is 0 Å². The number of carbonyl (C=O) groups excluding carboxylic acids is 1. The first-order valence-corrected chi connectivity index (χ1v) is 8.69. The number of hydrogen-bond donors (Lipinski definition) is 1. The molecule has 1 aliphatic heterocycles. The predicted octanol–water partition coefficient (Wildman–Crippen LogP) is 2.83. The zero-order valence-electron chi connectivity index (χ0n) is 13.4. The van der Waals surface area contributed by atoms with E-state index in [1.165, 1.54) is 11.3 Å². The molecule has 3 heterocycles. The highest BCUT2D eigenvalue weighted by atomic mass is 32.1. The number of ether oxygens (including phenoxy) is 1. The van der Waals surface area contributed by atoms with Crippen molar-refractivity contribution in [2.45, 2.75) is 33.7 Å². The maximum atomic E-state index is 12.3. The number of rotatable bonds is 5. The van der Waals surface area contributed by atoms with Gasteiger partial charge >= 0.3 is 0 Å². The molecule has 2 aromatic rings. The lowest BCUT2D eigenvalue weighted by atomic mass is 10.1. The van der Waals surface area contributed by atoms with E-state index < -0.39 is 0 Å². The van der Waals surface area contributed by atoms with E-state index in [9.17, 15) is 4.79 Å². The Labute approximate surface area is 134 Å². The van der Waals surface area contributed by atoms with Crippen molar-refractivity contribution in [3.05, 3.63) is 16.6 Å². The molecule has 1 aliphatic rings. The summed E-state index contributed by atoms with van der Waals surface area (Å²) in [6.07, 6.45) is 1.04. The third-order valence-electron chi connectivity index (χ3n) is 3.94. The summed E-state index contributed by atoms with van der Waals surface area (Å²) in [6.45, 7) is 9.50. The van der Waals surface area contributed by atoms with Gasteiger partial charge in [-0.15, -0.1) is 11.3 Å². The van der Waals surface area contributed by atoms with Crippen LogP contribution in [0.4, 0.5) is 0 Å². The SMILES string of the molecule is Cc1nn(CC(C)C)c2sc(C(=O)NC[C@@H]3CCOC3)cc12. The van der Waals surface area contributed by atoms with E-state index in [0.717, 1.165) is 47.0 Å². The normalized spacial score (nSPS) is 18.5. The first-order valence-electron chi connectivity index (χ1n) is 7.87. The summed E-state index contributed by atoms with van der Waals surface area (Å²) in [5, 5.41) is 8.71. The van der Waals surface area contributed by atoms with E-state index >= 15 is 0 Å². The molecule has 0 saturated carbocycles. The third kappa shape index (κ3) is 3.17. The first-order chi connectivity index (χ1) is 10.5. The minimum atomic E-state index is 0.0172. The monoisotopic (exact) mass is 321 g/mol. The minimum absolute atomic E-state index is 0.0172. The zero-order valence-corrected chi connectivity index (χ0v) is 14.2. The Morgan fingerprint density at radius 2 is 2.41 bits per heavy atom. The van der Waals surface area contributed by atoms with E-state index in [4.69, 9.17) is 4.74 Å². The second-order valence-electron chi connectivity index (χ2n) is 6.43. The summed E-state index contributed by atoms with van der Waals surface area (Å²) in [6, 6.07) is 1.97. The molecule has 1 N–H and O–H groups in total. The van der Waals surface area contributed by atoms with Crippen molar-refractivity contribution >= 4 is 27.5 Å². The number of nitrogens with one attached hydrogen (secondary N) is 1. The molecule has 1 atom stereocenters. The Morgan fingerprint density at radius 3 is 3.09 bits per heavy atom. The van der Waals surface area contributed by atoms with Crippen molar-refractivity contribution in [3.63, 3.8) is 0 Å². The van der Waals surface area contributed by atoms with Crippen LogP contribution in [0.25, 0.3) is 10.2 Å². The van der Waals surface area contributed by atoms with Crippen LogP contribution in [-0.2, 0) is 11.3 Å². The summed E-state index contributed by atoms with van der Waals surface area (Å²) in [7, 11) is 0. The highest BCUT2D eigenvalue weighted by Gasteiger charge is 2.19. The van der Waals surface area contributed by atoms with Gasteiger partial charge in [0.1, 0.15) is 4.83 Å². The summed E-state index contributed by atoms with van der Waals surface area (Å²) < 4.78 is 7.37. The molecule has 5 nitrogen and oxygen atoms in total. The summed E-state index contributed by atoms with van der Waals surface area (Å²) in [4.78, 5) is 14.2. The average Bonchev–Trinajstić information content (AvgIpc) is 3.16. The molecular formula is C16H23N3O2S. The summed E-state index contributed by atoms with van der Waals surface area (Å²) >= 11 is 1.53. The molecule has 22 heavy (non-hydrogen) atoms. The number of thiophene rings is 1. The molecule has 6 heteroatoms. The van der Waals surface area contributed by atoms with Crippen LogP contribution in [0.2, 0.25) is 0 Å². The molecule has 0 unspecified atom stereocenters. The molecule has 0 aromatic carbocycles. The second kappa shape index (κ2) is 6.38. The van der Waals surface area contributed by atoms with Gasteiger partial charge in [-0.05, 0) is 25.3 Å². The van der Waals surface area contributed by atoms with E-state index in [1.807, 2.05) is 17.7 Å². The maximum Gasteiger partial charge on any atom is 0.261 e. The van der Waals surface area contributed by atoms with Gasteiger partial charge in [-0.1, -0.05) is 13.8 Å². The van der Waals surface area contributed by atoms with Crippen molar-refractivity contribution in [1.82, 2.24) is 15.1 Å². The molecule has 1 saturated heterocycles. The molecule has 0 spiro atoms. The molecular weight excluding hydrogens is 298 g/mol. The largest absolute Gasteiger partial charge is 0.381 e. The number of nitrogens with zero attached hydrogens (tertiary/aromatic N) is 2. The highest BCUT2D eigenvalue weighted by Crippen LogP contribution is 2.29. The van der Waals surface area contributed by atoms with Crippen molar-refractivity contribution in [2.24, 2.45) is 11.8 Å². The molecule has 3 rings (SSSR count). The molecule has 1 amide bonds. The number of amides is 1. The van der Waals surface area contributed by atoms with Crippen LogP contribution >= 0.6 is 11.3 Å². The predicted molar refractivity (Wildman–Crippen MR) is 88.4 cm³/mol. The number of hydrogen-bond acceptors (Lipinski definition) is 4. The lowest BCUT2D eigenvalue weighted by Crippen LogP contribution is -2.28. The van der Waals surface area contributed by atoms with E-state index in [-0.39, 0.29) is 5.91 Å². The van der Waals surface area contributed by atoms with Crippen LogP contribution in [0.15, 0.2) is 6.07 Å². The van der Waals surface area contributed by atoms with Crippen LogP contribution in [0.5, 0.6) is 0 Å². The van der Waals surface area contributed by atoms with E-state index in [2.05, 4.69) is 24.3 Å². The van der Waals surface area contributed by atoms with Gasteiger partial charge in [0.25, 0.3) is 5.91 Å². The Hall–Kier alpha value is -1.40. The van der Waals surface area contributed by atoms with Gasteiger partial charge in [-0.2, -0.15) is 5.10 Å². The van der Waals surface area contributed by atoms with Gasteiger partial charge in [0.05, 0.1) is 17.2 Å². The lowest BCUT2D eigenvalue weighted by Gasteiger charge is -2.08. The standard InChI is InChI=1S/C16H23N3O2S/c1-10(2)8-19-16-13(11(3)18-19)6-14(22-16)15(20)17-7-12-4-5-21-9-12/h6,10,12H,4-5,7-9H2,1-3H3,(H,17,20)/t12-/m0/s1. The fraction of sp³-hybridized carbons (Fsp3) is 0.625. The fourth-order valence-electron chi connectivity index (χ4n) is 2.76. The molecule has 1 fully saturated rings. The van der Waals surface area contributed by atoms with Gasteiger partial charge < -0.3 is 10.1 Å². The van der Waals surface area contributed by atoms with Crippen molar-refractivity contribution in [3.8, 4) is 0 Å². The van der Waals surface area contributed by atoms with E-state index in [1.54, 1.807) is 0 Å². The molecule has 120 valence electrons. The van der Waals surface area contributed by atoms with Gasteiger partial charge in [0.15, 0.2) is 0 Å². The Morgan fingerprint density at radius 1 is 1.59 bits per heavy atom. The van der Waals surface area contributed by atoms with Crippen LogP contribution in [0, 0.1) is 18.8 Å². The minimum Gasteiger partial charge on any atom is -0.381 e. The van der Waals surface area contributed by atoms with Gasteiger partial charge in [-0.25, -0.2) is 0 Å². The summed E-state index contributed by atoms with van der Waals surface area (Å²) in [5.74, 6) is 1.00. The van der Waals surface area contributed by atoms with Crippen LogP contribution in [-0.4, -0.2) is 35.4 Å². The fourth-order valence-corrected chi connectivity index (χ4v) is 3.85. The molecule has 0 aliphatic carbocycles. The van der Waals surface area contributed by atoms with E-state index in [0.29, 0.717) is 18.4 Å². The van der Waals surface area contributed by atoms with Crippen molar-refractivity contribution in [2.75, 3.05) is 19.8 Å². The topological polar surface area (TPSA) is 56.2 Å². The Kier molecular flexibility index (Phi) is 4.49. The highest BCUT2D eigenvalue weighted by molar-refractivity contribution is 7.20. The molecule has 0 radical (unpaired) electrons. The van der Waals surface area contributed by atoms with Gasteiger partial charge in [0, 0.05) is 31.0 Å². The Bertz CT molecular complexity index is 668. The zero-order chi connectivity index (χ0) is 15.7.